The Morgan fingerprint density at radius 1 is 1.35 bits per heavy atom. The predicted octanol–water partition coefficient (Wildman–Crippen LogP) is 1.68. The summed E-state index contributed by atoms with van der Waals surface area (Å²) < 4.78 is 1.50. The number of halogens is 2. The van der Waals surface area contributed by atoms with Gasteiger partial charge in [-0.15, -0.1) is 0 Å². The minimum Gasteiger partial charge on any atom is -0.394 e. The molecule has 0 saturated heterocycles. The number of carbonyl (C=O) groups is 1. The van der Waals surface area contributed by atoms with E-state index in [1.165, 1.54) is 0 Å². The third kappa shape index (κ3) is 3.77. The van der Waals surface area contributed by atoms with Crippen LogP contribution < -0.4 is 5.32 Å². The molecule has 0 aliphatic carbocycles. The fourth-order valence-electron chi connectivity index (χ4n) is 1.14. The van der Waals surface area contributed by atoms with Crippen molar-refractivity contribution in [2.75, 3.05) is 13.2 Å². The Kier molecular flexibility index (Phi) is 5.12. The van der Waals surface area contributed by atoms with E-state index >= 15 is 0 Å². The zero-order chi connectivity index (χ0) is 13.1. The molecule has 0 radical (unpaired) electrons. The van der Waals surface area contributed by atoms with Crippen LogP contribution in [0.5, 0.6) is 0 Å². The number of hydrogen-bond donors (Lipinski definition) is 3. The van der Waals surface area contributed by atoms with Crippen molar-refractivity contribution in [3.8, 4) is 0 Å². The molecule has 1 amide bonds. The van der Waals surface area contributed by atoms with Crippen molar-refractivity contribution in [3.05, 3.63) is 32.7 Å². The first-order valence-electron chi connectivity index (χ1n) is 4.91. The number of carbonyl (C=O) groups excluding carboxylic acids is 1. The fraction of sp³-hybridized carbons (Fsp3) is 0.364. The molecule has 17 heavy (non-hydrogen) atoms. The van der Waals surface area contributed by atoms with Crippen LogP contribution in [0.3, 0.4) is 0 Å². The minimum atomic E-state index is -1.02. The van der Waals surface area contributed by atoms with Crippen molar-refractivity contribution in [3.63, 3.8) is 0 Å². The molecule has 0 aliphatic heterocycles. The molecule has 0 spiro atoms. The molecule has 0 unspecified atom stereocenters. The zero-order valence-corrected chi connectivity index (χ0v) is 12.4. The first-order valence-corrected chi connectivity index (χ1v) is 6.50. The Hall–Kier alpha value is -0.430. The summed E-state index contributed by atoms with van der Waals surface area (Å²) in [7, 11) is 0. The van der Waals surface area contributed by atoms with Gasteiger partial charge in [0.2, 0.25) is 0 Å². The van der Waals surface area contributed by atoms with Gasteiger partial charge in [-0.1, -0.05) is 15.9 Å². The van der Waals surface area contributed by atoms with E-state index in [2.05, 4.69) is 37.2 Å². The molecule has 0 saturated carbocycles. The van der Waals surface area contributed by atoms with Crippen molar-refractivity contribution in [2.24, 2.45) is 0 Å². The molecule has 0 atom stereocenters. The summed E-state index contributed by atoms with van der Waals surface area (Å²) in [5.74, 6) is -0.352. The van der Waals surface area contributed by atoms with Crippen molar-refractivity contribution in [1.29, 1.82) is 0 Å². The quantitative estimate of drug-likeness (QED) is 0.759. The zero-order valence-electron chi connectivity index (χ0n) is 9.20. The van der Waals surface area contributed by atoms with Crippen molar-refractivity contribution < 1.29 is 15.0 Å². The van der Waals surface area contributed by atoms with E-state index in [9.17, 15) is 4.79 Å². The van der Waals surface area contributed by atoms with Gasteiger partial charge in [-0.3, -0.25) is 4.79 Å². The molecule has 1 aromatic rings. The number of aliphatic hydroxyl groups excluding tert-OH is 2. The third-order valence-electron chi connectivity index (χ3n) is 2.29. The SMILES string of the molecule is CC(CO)(CO)NC(=O)c1ccc(Br)cc1Br. The van der Waals surface area contributed by atoms with Gasteiger partial charge < -0.3 is 15.5 Å². The van der Waals surface area contributed by atoms with Crippen LogP contribution in [0.15, 0.2) is 27.1 Å². The maximum absolute atomic E-state index is 11.9. The molecule has 1 rings (SSSR count). The van der Waals surface area contributed by atoms with E-state index in [1.54, 1.807) is 25.1 Å². The minimum absolute atomic E-state index is 0.330. The van der Waals surface area contributed by atoms with Crippen molar-refractivity contribution in [2.45, 2.75) is 12.5 Å². The highest BCUT2D eigenvalue weighted by Gasteiger charge is 2.25. The number of rotatable bonds is 4. The van der Waals surface area contributed by atoms with Crippen LogP contribution in [-0.4, -0.2) is 34.9 Å². The van der Waals surface area contributed by atoms with Crippen molar-refractivity contribution >= 4 is 37.8 Å². The van der Waals surface area contributed by atoms with Gasteiger partial charge in [0.05, 0.1) is 24.3 Å². The Morgan fingerprint density at radius 2 is 1.94 bits per heavy atom. The van der Waals surface area contributed by atoms with Crippen molar-refractivity contribution in [1.82, 2.24) is 5.32 Å². The van der Waals surface area contributed by atoms with Gasteiger partial charge in [-0.05, 0) is 41.1 Å². The molecular weight excluding hydrogens is 354 g/mol. The van der Waals surface area contributed by atoms with Gasteiger partial charge in [0, 0.05) is 8.95 Å². The van der Waals surface area contributed by atoms with Crippen LogP contribution in [0, 0.1) is 0 Å². The van der Waals surface area contributed by atoms with Crippen LogP contribution >= 0.6 is 31.9 Å². The lowest BCUT2D eigenvalue weighted by Gasteiger charge is -2.26. The first-order chi connectivity index (χ1) is 7.91. The molecule has 3 N–H and O–H groups in total. The van der Waals surface area contributed by atoms with E-state index in [1.807, 2.05) is 0 Å². The third-order valence-corrected chi connectivity index (χ3v) is 3.44. The molecule has 1 aromatic carbocycles. The fourth-order valence-corrected chi connectivity index (χ4v) is 2.37. The van der Waals surface area contributed by atoms with Crippen LogP contribution in [0.2, 0.25) is 0 Å². The highest BCUT2D eigenvalue weighted by Crippen LogP contribution is 2.22. The molecule has 6 heteroatoms. The lowest BCUT2D eigenvalue weighted by molar-refractivity contribution is 0.0723. The number of hydrogen-bond acceptors (Lipinski definition) is 3. The standard InChI is InChI=1S/C11H13Br2NO3/c1-11(5-15,6-16)14-10(17)8-3-2-7(12)4-9(8)13/h2-4,15-16H,5-6H2,1H3,(H,14,17). The Labute approximate surface area is 116 Å². The Bertz CT molecular complexity index is 419. The van der Waals surface area contributed by atoms with Gasteiger partial charge in [-0.2, -0.15) is 0 Å². The van der Waals surface area contributed by atoms with Crippen LogP contribution in [0.4, 0.5) is 0 Å². The summed E-state index contributed by atoms with van der Waals surface area (Å²) in [6, 6.07) is 5.15. The average molecular weight is 367 g/mol. The second kappa shape index (κ2) is 5.95. The second-order valence-corrected chi connectivity index (χ2v) is 5.73. The largest absolute Gasteiger partial charge is 0.394 e. The van der Waals surface area contributed by atoms with Gasteiger partial charge in [0.1, 0.15) is 0 Å². The monoisotopic (exact) mass is 365 g/mol. The Morgan fingerprint density at radius 3 is 2.41 bits per heavy atom. The van der Waals surface area contributed by atoms with E-state index in [-0.39, 0.29) is 19.1 Å². The maximum Gasteiger partial charge on any atom is 0.253 e. The smallest absolute Gasteiger partial charge is 0.253 e. The highest BCUT2D eigenvalue weighted by atomic mass is 79.9. The van der Waals surface area contributed by atoms with Crippen LogP contribution in [0.25, 0.3) is 0 Å². The number of aliphatic hydroxyl groups is 2. The van der Waals surface area contributed by atoms with E-state index < -0.39 is 5.54 Å². The van der Waals surface area contributed by atoms with Crippen LogP contribution in [0.1, 0.15) is 17.3 Å². The summed E-state index contributed by atoms with van der Waals surface area (Å²) >= 11 is 6.58. The maximum atomic E-state index is 11.9. The second-order valence-electron chi connectivity index (χ2n) is 3.96. The normalized spacial score (nSPS) is 11.4. The molecule has 0 aliphatic rings. The molecule has 0 fully saturated rings. The number of benzene rings is 1. The van der Waals surface area contributed by atoms with Gasteiger partial charge in [0.15, 0.2) is 0 Å². The predicted molar refractivity (Wildman–Crippen MR) is 71.9 cm³/mol. The lowest BCUT2D eigenvalue weighted by atomic mass is 10.0. The molecular formula is C11H13Br2NO3. The summed E-state index contributed by atoms with van der Waals surface area (Å²) in [6.07, 6.45) is 0. The summed E-state index contributed by atoms with van der Waals surface area (Å²) in [4.78, 5) is 11.9. The molecule has 94 valence electrons. The number of amides is 1. The highest BCUT2D eigenvalue weighted by molar-refractivity contribution is 9.11. The molecule has 0 bridgehead atoms. The molecule has 0 aromatic heterocycles. The first kappa shape index (κ1) is 14.6. The van der Waals surface area contributed by atoms with Crippen LogP contribution in [-0.2, 0) is 0 Å². The Balaban J connectivity index is 2.90. The van der Waals surface area contributed by atoms with E-state index in [0.29, 0.717) is 10.0 Å². The molecule has 0 heterocycles. The van der Waals surface area contributed by atoms with Gasteiger partial charge >= 0.3 is 0 Å². The lowest BCUT2D eigenvalue weighted by Crippen LogP contribution is -2.51. The number of nitrogens with one attached hydrogen (secondary N) is 1. The summed E-state index contributed by atoms with van der Waals surface area (Å²) in [6.45, 7) is 0.907. The van der Waals surface area contributed by atoms with Gasteiger partial charge in [-0.25, -0.2) is 0 Å². The van der Waals surface area contributed by atoms with E-state index in [0.717, 1.165) is 4.47 Å². The summed E-state index contributed by atoms with van der Waals surface area (Å²) in [5.41, 5.74) is -0.579. The molecule has 4 nitrogen and oxygen atoms in total. The topological polar surface area (TPSA) is 69.6 Å². The summed E-state index contributed by atoms with van der Waals surface area (Å²) in [5, 5.41) is 20.8. The van der Waals surface area contributed by atoms with Gasteiger partial charge in [0.25, 0.3) is 5.91 Å². The average Bonchev–Trinajstić information content (AvgIpc) is 2.28. The van der Waals surface area contributed by atoms with E-state index in [4.69, 9.17) is 10.2 Å².